The van der Waals surface area contributed by atoms with Crippen molar-refractivity contribution in [2.45, 2.75) is 19.8 Å². The number of carbonyl (C=O) groups excluding carboxylic acids is 3. The quantitative estimate of drug-likeness (QED) is 0.807. The smallest absolute Gasteiger partial charge is 0.414 e. The van der Waals surface area contributed by atoms with Gasteiger partial charge in [-0.25, -0.2) is 4.79 Å². The molecule has 1 saturated heterocycles. The van der Waals surface area contributed by atoms with Crippen LogP contribution in [0.4, 0.5) is 16.2 Å². The maximum absolute atomic E-state index is 12.2. The van der Waals surface area contributed by atoms with E-state index < -0.39 is 0 Å². The lowest BCUT2D eigenvalue weighted by atomic mass is 10.0. The SMILES string of the molecule is Cc1ccccc1C(=O)CCC(=O)Nc1ccc(N2CCOC2=O)cc1. The summed E-state index contributed by atoms with van der Waals surface area (Å²) in [4.78, 5) is 37.4. The lowest BCUT2D eigenvalue weighted by molar-refractivity contribution is -0.116. The standard InChI is InChI=1S/C20H20N2O4/c1-14-4-2-3-5-17(14)18(23)10-11-19(24)21-15-6-8-16(9-7-15)22-12-13-26-20(22)25/h2-9H,10-13H2,1H3,(H,21,24). The molecule has 0 atom stereocenters. The first kappa shape index (κ1) is 17.7. The van der Waals surface area contributed by atoms with Gasteiger partial charge in [0.15, 0.2) is 5.78 Å². The Balaban J connectivity index is 1.52. The van der Waals surface area contributed by atoms with Gasteiger partial charge in [0.25, 0.3) is 0 Å². The van der Waals surface area contributed by atoms with Crippen LogP contribution in [0, 0.1) is 6.92 Å². The number of cyclic esters (lactones) is 1. The number of anilines is 2. The minimum absolute atomic E-state index is 0.0406. The van der Waals surface area contributed by atoms with Crippen molar-refractivity contribution in [3.8, 4) is 0 Å². The number of hydrogen-bond donors (Lipinski definition) is 1. The van der Waals surface area contributed by atoms with Crippen LogP contribution < -0.4 is 10.2 Å². The molecule has 0 bridgehead atoms. The molecule has 6 heteroatoms. The molecule has 1 aliphatic heterocycles. The van der Waals surface area contributed by atoms with E-state index in [0.29, 0.717) is 24.4 Å². The summed E-state index contributed by atoms with van der Waals surface area (Å²) in [5.74, 6) is -0.263. The van der Waals surface area contributed by atoms with Gasteiger partial charge in [0.1, 0.15) is 6.61 Å². The second-order valence-corrected chi connectivity index (χ2v) is 6.10. The molecule has 2 aromatic rings. The van der Waals surface area contributed by atoms with E-state index in [9.17, 15) is 14.4 Å². The Hall–Kier alpha value is -3.15. The number of ether oxygens (including phenoxy) is 1. The van der Waals surface area contributed by atoms with E-state index >= 15 is 0 Å². The Morgan fingerprint density at radius 3 is 2.46 bits per heavy atom. The highest BCUT2D eigenvalue weighted by Gasteiger charge is 2.23. The van der Waals surface area contributed by atoms with Gasteiger partial charge < -0.3 is 10.1 Å². The summed E-state index contributed by atoms with van der Waals surface area (Å²) < 4.78 is 4.90. The van der Waals surface area contributed by atoms with Gasteiger partial charge >= 0.3 is 6.09 Å². The predicted octanol–water partition coefficient (Wildman–Crippen LogP) is 3.55. The van der Waals surface area contributed by atoms with E-state index in [1.165, 1.54) is 4.90 Å². The van der Waals surface area contributed by atoms with Crippen LogP contribution in [0.1, 0.15) is 28.8 Å². The maximum atomic E-state index is 12.2. The van der Waals surface area contributed by atoms with E-state index in [4.69, 9.17) is 4.74 Å². The fraction of sp³-hybridized carbons (Fsp3) is 0.250. The zero-order valence-electron chi connectivity index (χ0n) is 14.5. The third kappa shape index (κ3) is 4.08. The molecule has 1 fully saturated rings. The van der Waals surface area contributed by atoms with Crippen LogP contribution in [-0.2, 0) is 9.53 Å². The summed E-state index contributed by atoms with van der Waals surface area (Å²) in [6, 6.07) is 14.3. The summed E-state index contributed by atoms with van der Waals surface area (Å²) >= 11 is 0. The number of nitrogens with one attached hydrogen (secondary N) is 1. The van der Waals surface area contributed by atoms with Crippen molar-refractivity contribution < 1.29 is 19.1 Å². The Kier molecular flexibility index (Phi) is 5.31. The van der Waals surface area contributed by atoms with Crippen molar-refractivity contribution in [3.05, 3.63) is 59.7 Å². The summed E-state index contributed by atoms with van der Waals surface area (Å²) in [5.41, 5.74) is 2.91. The second kappa shape index (κ2) is 7.82. The van der Waals surface area contributed by atoms with E-state index in [1.54, 1.807) is 30.3 Å². The van der Waals surface area contributed by atoms with Crippen LogP contribution in [-0.4, -0.2) is 30.9 Å². The Morgan fingerprint density at radius 2 is 1.81 bits per heavy atom. The number of ketones is 1. The first-order valence-electron chi connectivity index (χ1n) is 8.47. The molecule has 1 aliphatic rings. The number of amides is 2. The van der Waals surface area contributed by atoms with Crippen LogP contribution in [0.2, 0.25) is 0 Å². The molecule has 2 amide bonds. The highest BCUT2D eigenvalue weighted by Crippen LogP contribution is 2.21. The molecular formula is C20H20N2O4. The molecule has 1 N–H and O–H groups in total. The molecule has 6 nitrogen and oxygen atoms in total. The number of rotatable bonds is 6. The molecular weight excluding hydrogens is 332 g/mol. The molecule has 1 heterocycles. The second-order valence-electron chi connectivity index (χ2n) is 6.10. The first-order valence-corrected chi connectivity index (χ1v) is 8.47. The summed E-state index contributed by atoms with van der Waals surface area (Å²) in [7, 11) is 0. The molecule has 2 aromatic carbocycles. The summed E-state index contributed by atoms with van der Waals surface area (Å²) in [5, 5.41) is 2.77. The minimum Gasteiger partial charge on any atom is -0.447 e. The van der Waals surface area contributed by atoms with Crippen molar-refractivity contribution in [1.82, 2.24) is 0 Å². The number of aryl methyl sites for hydroxylation is 1. The Morgan fingerprint density at radius 1 is 1.08 bits per heavy atom. The first-order chi connectivity index (χ1) is 12.5. The highest BCUT2D eigenvalue weighted by atomic mass is 16.6. The molecule has 0 spiro atoms. The van der Waals surface area contributed by atoms with E-state index in [0.717, 1.165) is 11.3 Å². The molecule has 0 radical (unpaired) electrons. The van der Waals surface area contributed by atoms with Gasteiger partial charge in [-0.1, -0.05) is 24.3 Å². The number of benzene rings is 2. The van der Waals surface area contributed by atoms with E-state index in [1.807, 2.05) is 25.1 Å². The maximum Gasteiger partial charge on any atom is 0.414 e. The normalized spacial score (nSPS) is 13.4. The fourth-order valence-corrected chi connectivity index (χ4v) is 2.82. The van der Waals surface area contributed by atoms with Gasteiger partial charge in [0.2, 0.25) is 5.91 Å². The van der Waals surface area contributed by atoms with Crippen molar-refractivity contribution >= 4 is 29.2 Å². The topological polar surface area (TPSA) is 75.7 Å². The van der Waals surface area contributed by atoms with Crippen molar-refractivity contribution in [3.63, 3.8) is 0 Å². The number of Topliss-reactive ketones (excluding diaryl/α,β-unsaturated/α-hetero) is 1. The van der Waals surface area contributed by atoms with Crippen molar-refractivity contribution in [1.29, 1.82) is 0 Å². The summed E-state index contributed by atoms with van der Waals surface area (Å²) in [6.45, 7) is 2.78. The molecule has 3 rings (SSSR count). The van der Waals surface area contributed by atoms with Crippen LogP contribution in [0.25, 0.3) is 0 Å². The zero-order chi connectivity index (χ0) is 18.5. The average molecular weight is 352 g/mol. The van der Waals surface area contributed by atoms with Crippen LogP contribution in [0.5, 0.6) is 0 Å². The van der Waals surface area contributed by atoms with Gasteiger partial charge in [0.05, 0.1) is 6.54 Å². The van der Waals surface area contributed by atoms with E-state index in [-0.39, 0.29) is 30.6 Å². The predicted molar refractivity (Wildman–Crippen MR) is 98.5 cm³/mol. The molecule has 0 saturated carbocycles. The highest BCUT2D eigenvalue weighted by molar-refractivity contribution is 6.01. The fourth-order valence-electron chi connectivity index (χ4n) is 2.82. The number of hydrogen-bond acceptors (Lipinski definition) is 4. The molecule has 0 aromatic heterocycles. The number of nitrogens with zero attached hydrogens (tertiary/aromatic N) is 1. The lowest BCUT2D eigenvalue weighted by Crippen LogP contribution is -2.23. The molecule has 26 heavy (non-hydrogen) atoms. The van der Waals surface area contributed by atoms with Crippen molar-refractivity contribution in [2.75, 3.05) is 23.4 Å². The lowest BCUT2D eigenvalue weighted by Gasteiger charge is -2.13. The van der Waals surface area contributed by atoms with Gasteiger partial charge in [-0.05, 0) is 36.8 Å². The van der Waals surface area contributed by atoms with Crippen LogP contribution in [0.3, 0.4) is 0 Å². The largest absolute Gasteiger partial charge is 0.447 e. The molecule has 0 unspecified atom stereocenters. The third-order valence-corrected chi connectivity index (χ3v) is 4.25. The average Bonchev–Trinajstić information content (AvgIpc) is 3.07. The Labute approximate surface area is 151 Å². The minimum atomic E-state index is -0.364. The van der Waals surface area contributed by atoms with Gasteiger partial charge in [0, 0.05) is 29.8 Å². The van der Waals surface area contributed by atoms with Gasteiger partial charge in [-0.3, -0.25) is 14.5 Å². The van der Waals surface area contributed by atoms with E-state index in [2.05, 4.69) is 5.32 Å². The Bertz CT molecular complexity index is 830. The van der Waals surface area contributed by atoms with Gasteiger partial charge in [-0.15, -0.1) is 0 Å². The molecule has 134 valence electrons. The number of carbonyl (C=O) groups is 3. The molecule has 0 aliphatic carbocycles. The van der Waals surface area contributed by atoms with Gasteiger partial charge in [-0.2, -0.15) is 0 Å². The monoisotopic (exact) mass is 352 g/mol. The van der Waals surface area contributed by atoms with Crippen LogP contribution >= 0.6 is 0 Å². The van der Waals surface area contributed by atoms with Crippen LogP contribution in [0.15, 0.2) is 48.5 Å². The zero-order valence-corrected chi connectivity index (χ0v) is 14.5. The van der Waals surface area contributed by atoms with Crippen molar-refractivity contribution in [2.24, 2.45) is 0 Å². The third-order valence-electron chi connectivity index (χ3n) is 4.25. The summed E-state index contributed by atoms with van der Waals surface area (Å²) in [6.07, 6.45) is -0.0848.